The summed E-state index contributed by atoms with van der Waals surface area (Å²) in [6.07, 6.45) is 5.74. The summed E-state index contributed by atoms with van der Waals surface area (Å²) in [5.41, 5.74) is 0. The third-order valence-electron chi connectivity index (χ3n) is 2.42. The van der Waals surface area contributed by atoms with Crippen LogP contribution in [0.2, 0.25) is 0 Å². The summed E-state index contributed by atoms with van der Waals surface area (Å²) in [4.78, 5) is 6.68. The van der Waals surface area contributed by atoms with Crippen LogP contribution in [0.3, 0.4) is 0 Å². The Morgan fingerprint density at radius 3 is 3.00 bits per heavy atom. The van der Waals surface area contributed by atoms with E-state index in [-0.39, 0.29) is 0 Å². The number of hydrogen-bond donors (Lipinski definition) is 1. The average Bonchev–Trinajstić information content (AvgIpc) is 2.68. The van der Waals surface area contributed by atoms with Crippen LogP contribution in [0.15, 0.2) is 25.0 Å². The maximum absolute atomic E-state index is 4.37. The monoisotopic (exact) mass is 192 g/mol. The number of imidazole rings is 1. The van der Waals surface area contributed by atoms with Gasteiger partial charge in [-0.25, -0.2) is 4.98 Å². The molecule has 2 heterocycles. The molecule has 1 aliphatic heterocycles. The van der Waals surface area contributed by atoms with Crippen molar-refractivity contribution in [3.8, 4) is 0 Å². The van der Waals surface area contributed by atoms with Crippen LogP contribution < -0.4 is 10.2 Å². The molecule has 0 aromatic carbocycles. The van der Waals surface area contributed by atoms with Crippen molar-refractivity contribution in [2.24, 2.45) is 0 Å². The molecule has 0 amide bonds. The molecule has 0 spiro atoms. The number of anilines is 1. The summed E-state index contributed by atoms with van der Waals surface area (Å²) in [6, 6.07) is 0. The summed E-state index contributed by atoms with van der Waals surface area (Å²) < 4.78 is 2.12. The molecule has 14 heavy (non-hydrogen) atoms. The maximum Gasteiger partial charge on any atom is 0.205 e. The van der Waals surface area contributed by atoms with Gasteiger partial charge in [-0.15, -0.1) is 6.58 Å². The van der Waals surface area contributed by atoms with Crippen LogP contribution in [-0.2, 0) is 6.54 Å². The fourth-order valence-electron chi connectivity index (χ4n) is 1.73. The van der Waals surface area contributed by atoms with Gasteiger partial charge < -0.3 is 14.8 Å². The van der Waals surface area contributed by atoms with Gasteiger partial charge in [0.2, 0.25) is 5.95 Å². The summed E-state index contributed by atoms with van der Waals surface area (Å²) in [5, 5.41) is 3.33. The molecule has 4 heteroatoms. The van der Waals surface area contributed by atoms with Gasteiger partial charge in [0, 0.05) is 45.1 Å². The van der Waals surface area contributed by atoms with E-state index in [0.717, 1.165) is 38.7 Å². The number of nitrogens with zero attached hydrogens (tertiary/aromatic N) is 3. The minimum absolute atomic E-state index is 0.833. The van der Waals surface area contributed by atoms with Crippen molar-refractivity contribution < 1.29 is 0 Å². The average molecular weight is 192 g/mol. The van der Waals surface area contributed by atoms with E-state index in [0.29, 0.717) is 0 Å². The Morgan fingerprint density at radius 1 is 1.50 bits per heavy atom. The van der Waals surface area contributed by atoms with E-state index < -0.39 is 0 Å². The maximum atomic E-state index is 4.37. The van der Waals surface area contributed by atoms with Gasteiger partial charge in [0.05, 0.1) is 0 Å². The molecule has 0 aliphatic carbocycles. The first kappa shape index (κ1) is 9.27. The Labute approximate surface area is 84.2 Å². The SMILES string of the molecule is C=CCn1ccnc1N1CCNCC1. The highest BCUT2D eigenvalue weighted by molar-refractivity contribution is 5.32. The van der Waals surface area contributed by atoms with Crippen molar-refractivity contribution in [3.05, 3.63) is 25.0 Å². The van der Waals surface area contributed by atoms with E-state index in [9.17, 15) is 0 Å². The number of aromatic nitrogens is 2. The zero-order chi connectivity index (χ0) is 9.80. The molecule has 2 rings (SSSR count). The quantitative estimate of drug-likeness (QED) is 0.707. The highest BCUT2D eigenvalue weighted by atomic mass is 15.3. The molecular formula is C10H16N4. The van der Waals surface area contributed by atoms with Crippen molar-refractivity contribution in [1.29, 1.82) is 0 Å². The number of rotatable bonds is 3. The van der Waals surface area contributed by atoms with Crippen LogP contribution >= 0.6 is 0 Å². The van der Waals surface area contributed by atoms with E-state index >= 15 is 0 Å². The van der Waals surface area contributed by atoms with Gasteiger partial charge in [-0.3, -0.25) is 0 Å². The van der Waals surface area contributed by atoms with Crippen molar-refractivity contribution in [3.63, 3.8) is 0 Å². The first-order chi connectivity index (χ1) is 6.92. The number of piperazine rings is 1. The van der Waals surface area contributed by atoms with Crippen LogP contribution in [0.25, 0.3) is 0 Å². The largest absolute Gasteiger partial charge is 0.340 e. The third-order valence-corrected chi connectivity index (χ3v) is 2.42. The number of nitrogens with one attached hydrogen (secondary N) is 1. The van der Waals surface area contributed by atoms with Gasteiger partial charge in [-0.05, 0) is 0 Å². The Morgan fingerprint density at radius 2 is 2.29 bits per heavy atom. The van der Waals surface area contributed by atoms with E-state index in [2.05, 4.69) is 26.3 Å². The molecule has 1 fully saturated rings. The topological polar surface area (TPSA) is 33.1 Å². The van der Waals surface area contributed by atoms with E-state index in [4.69, 9.17) is 0 Å². The first-order valence-corrected chi connectivity index (χ1v) is 4.99. The van der Waals surface area contributed by atoms with Crippen molar-refractivity contribution in [1.82, 2.24) is 14.9 Å². The van der Waals surface area contributed by atoms with Gasteiger partial charge in [0.1, 0.15) is 0 Å². The Bertz CT molecular complexity index is 299. The molecule has 0 atom stereocenters. The second-order valence-electron chi connectivity index (χ2n) is 3.41. The normalized spacial score (nSPS) is 17.0. The summed E-state index contributed by atoms with van der Waals surface area (Å²) in [6.45, 7) is 8.73. The van der Waals surface area contributed by atoms with Crippen LogP contribution in [0.5, 0.6) is 0 Å². The van der Waals surface area contributed by atoms with Gasteiger partial charge in [0.15, 0.2) is 0 Å². The zero-order valence-electron chi connectivity index (χ0n) is 8.32. The minimum atomic E-state index is 0.833. The molecule has 0 radical (unpaired) electrons. The predicted molar refractivity (Wildman–Crippen MR) is 57.5 cm³/mol. The molecule has 4 nitrogen and oxygen atoms in total. The molecule has 0 bridgehead atoms. The van der Waals surface area contributed by atoms with Crippen LogP contribution in [-0.4, -0.2) is 35.7 Å². The molecular weight excluding hydrogens is 176 g/mol. The highest BCUT2D eigenvalue weighted by Gasteiger charge is 2.14. The smallest absolute Gasteiger partial charge is 0.205 e. The lowest BCUT2D eigenvalue weighted by Crippen LogP contribution is -2.44. The van der Waals surface area contributed by atoms with Crippen molar-refractivity contribution >= 4 is 5.95 Å². The summed E-state index contributed by atoms with van der Waals surface area (Å²) >= 11 is 0. The summed E-state index contributed by atoms with van der Waals surface area (Å²) in [7, 11) is 0. The lowest BCUT2D eigenvalue weighted by Gasteiger charge is -2.28. The third kappa shape index (κ3) is 1.80. The lowest BCUT2D eigenvalue weighted by molar-refractivity contribution is 0.571. The lowest BCUT2D eigenvalue weighted by atomic mass is 10.4. The molecule has 1 saturated heterocycles. The predicted octanol–water partition coefficient (Wildman–Crippen LogP) is 0.479. The molecule has 0 unspecified atom stereocenters. The van der Waals surface area contributed by atoms with Crippen LogP contribution in [0.1, 0.15) is 0 Å². The second kappa shape index (κ2) is 4.28. The van der Waals surface area contributed by atoms with E-state index in [1.54, 1.807) is 0 Å². The second-order valence-corrected chi connectivity index (χ2v) is 3.41. The minimum Gasteiger partial charge on any atom is -0.340 e. The fraction of sp³-hybridized carbons (Fsp3) is 0.500. The molecule has 76 valence electrons. The molecule has 1 aliphatic rings. The van der Waals surface area contributed by atoms with Crippen molar-refractivity contribution in [2.45, 2.75) is 6.54 Å². The van der Waals surface area contributed by atoms with E-state index in [1.165, 1.54) is 0 Å². The van der Waals surface area contributed by atoms with Gasteiger partial charge in [0.25, 0.3) is 0 Å². The molecule has 0 saturated carbocycles. The Balaban J connectivity index is 2.12. The summed E-state index contributed by atoms with van der Waals surface area (Å²) in [5.74, 6) is 1.06. The van der Waals surface area contributed by atoms with Crippen LogP contribution in [0.4, 0.5) is 5.95 Å². The highest BCUT2D eigenvalue weighted by Crippen LogP contribution is 2.11. The Kier molecular flexibility index (Phi) is 2.84. The van der Waals surface area contributed by atoms with Crippen LogP contribution in [0, 0.1) is 0 Å². The van der Waals surface area contributed by atoms with Crippen molar-refractivity contribution in [2.75, 3.05) is 31.1 Å². The molecule has 1 N–H and O–H groups in total. The number of hydrogen-bond acceptors (Lipinski definition) is 3. The zero-order valence-corrected chi connectivity index (χ0v) is 8.32. The van der Waals surface area contributed by atoms with Gasteiger partial charge in [-0.2, -0.15) is 0 Å². The van der Waals surface area contributed by atoms with E-state index in [1.807, 2.05) is 18.5 Å². The molecule has 1 aromatic rings. The first-order valence-electron chi connectivity index (χ1n) is 4.99. The standard InChI is InChI=1S/C10H16N4/c1-2-6-13-9-5-12-10(13)14-7-3-11-4-8-14/h2,5,9,11H,1,3-4,6-8H2. The van der Waals surface area contributed by atoms with Gasteiger partial charge in [-0.1, -0.05) is 6.08 Å². The fourth-order valence-corrected chi connectivity index (χ4v) is 1.73. The number of allylic oxidation sites excluding steroid dienone is 1. The van der Waals surface area contributed by atoms with Gasteiger partial charge >= 0.3 is 0 Å². The molecule has 1 aromatic heterocycles. The Hall–Kier alpha value is -1.29.